The molecule has 0 unspecified atom stereocenters. The lowest BCUT2D eigenvalue weighted by Gasteiger charge is -2.58. The van der Waals surface area contributed by atoms with Crippen LogP contribution in [0.1, 0.15) is 97.8 Å². The maximum atomic E-state index is 13.2. The zero-order chi connectivity index (χ0) is 22.1. The van der Waals surface area contributed by atoms with Gasteiger partial charge in [0, 0.05) is 23.9 Å². The lowest BCUT2D eigenvalue weighted by Crippen LogP contribution is -2.59. The Morgan fingerprint density at radius 2 is 1.81 bits per heavy atom. The van der Waals surface area contributed by atoms with E-state index in [-0.39, 0.29) is 28.7 Å². The summed E-state index contributed by atoms with van der Waals surface area (Å²) in [5.74, 6) is 2.55. The van der Waals surface area contributed by atoms with Crippen LogP contribution in [0.2, 0.25) is 0 Å². The zero-order valence-electron chi connectivity index (χ0n) is 20.1. The number of hydrogen-bond donors (Lipinski definition) is 2. The van der Waals surface area contributed by atoms with Crippen molar-refractivity contribution < 1.29 is 9.59 Å². The van der Waals surface area contributed by atoms with Crippen molar-refractivity contribution in [1.82, 2.24) is 10.6 Å². The van der Waals surface area contributed by atoms with E-state index in [2.05, 4.69) is 37.5 Å². The number of hydrogen-bond acceptors (Lipinski definition) is 2. The molecule has 1 aliphatic heterocycles. The molecule has 2 N–H and O–H groups in total. The molecular formula is C27H44N2O2. The summed E-state index contributed by atoms with van der Waals surface area (Å²) in [5, 5.41) is 6.55. The molecule has 4 nitrogen and oxygen atoms in total. The fourth-order valence-electron chi connectivity index (χ4n) is 8.00. The molecule has 4 heteroatoms. The molecule has 3 fully saturated rings. The molecule has 0 aromatic heterocycles. The van der Waals surface area contributed by atoms with E-state index >= 15 is 0 Å². The Balaban J connectivity index is 1.35. The van der Waals surface area contributed by atoms with Gasteiger partial charge in [0.2, 0.25) is 11.8 Å². The molecule has 0 radical (unpaired) electrons. The van der Waals surface area contributed by atoms with Gasteiger partial charge in [-0.2, -0.15) is 0 Å². The van der Waals surface area contributed by atoms with Crippen molar-refractivity contribution in [2.45, 2.75) is 104 Å². The minimum atomic E-state index is 0.0736. The molecule has 0 spiro atoms. The van der Waals surface area contributed by atoms with Crippen molar-refractivity contribution in [3.63, 3.8) is 0 Å². The second-order valence-corrected chi connectivity index (χ2v) is 11.4. The van der Waals surface area contributed by atoms with E-state index in [4.69, 9.17) is 0 Å². The van der Waals surface area contributed by atoms with Crippen LogP contribution in [0.3, 0.4) is 0 Å². The van der Waals surface area contributed by atoms with Crippen LogP contribution >= 0.6 is 0 Å². The second-order valence-electron chi connectivity index (χ2n) is 11.4. The average molecular weight is 429 g/mol. The van der Waals surface area contributed by atoms with E-state index in [1.807, 2.05) is 0 Å². The number of nitrogens with one attached hydrogen (secondary N) is 2. The van der Waals surface area contributed by atoms with E-state index in [0.29, 0.717) is 23.7 Å². The average Bonchev–Trinajstić information content (AvgIpc) is 3.11. The number of amides is 2. The van der Waals surface area contributed by atoms with Crippen molar-refractivity contribution in [2.75, 3.05) is 6.54 Å². The van der Waals surface area contributed by atoms with E-state index < -0.39 is 0 Å². The molecule has 7 atom stereocenters. The van der Waals surface area contributed by atoms with Crippen molar-refractivity contribution in [3.05, 3.63) is 12.2 Å². The van der Waals surface area contributed by atoms with Gasteiger partial charge in [-0.05, 0) is 74.2 Å². The first-order valence-electron chi connectivity index (χ1n) is 13.2. The largest absolute Gasteiger partial charge is 0.356 e. The molecule has 3 aliphatic carbocycles. The molecule has 174 valence electrons. The fourth-order valence-corrected chi connectivity index (χ4v) is 8.00. The fraction of sp³-hybridized carbons (Fsp3) is 0.852. The molecule has 4 aliphatic rings. The first-order chi connectivity index (χ1) is 14.9. The van der Waals surface area contributed by atoms with Gasteiger partial charge in [0.1, 0.15) is 0 Å². The number of carbonyl (C=O) groups is 2. The molecule has 4 rings (SSSR count). The smallest absolute Gasteiger partial charge is 0.243 e. The molecule has 0 aromatic rings. The summed E-state index contributed by atoms with van der Waals surface area (Å²) in [4.78, 5) is 25.1. The number of fused-ring (bicyclic) bond motifs is 5. The minimum Gasteiger partial charge on any atom is -0.356 e. The highest BCUT2D eigenvalue weighted by molar-refractivity contribution is 5.89. The van der Waals surface area contributed by atoms with Crippen molar-refractivity contribution in [3.8, 4) is 0 Å². The Kier molecular flexibility index (Phi) is 6.84. The maximum Gasteiger partial charge on any atom is 0.243 e. The summed E-state index contributed by atoms with van der Waals surface area (Å²) in [6.07, 6.45) is 18.4. The summed E-state index contributed by atoms with van der Waals surface area (Å²) in [7, 11) is 0. The molecule has 0 bridgehead atoms. The van der Waals surface area contributed by atoms with Gasteiger partial charge in [-0.15, -0.1) is 0 Å². The Labute approximate surface area is 189 Å². The number of rotatable bonds is 8. The molecule has 0 aromatic carbocycles. The third-order valence-electron chi connectivity index (χ3n) is 9.83. The van der Waals surface area contributed by atoms with E-state index in [1.54, 1.807) is 6.08 Å². The normalized spacial score (nSPS) is 41.1. The highest BCUT2D eigenvalue weighted by atomic mass is 16.2. The van der Waals surface area contributed by atoms with Crippen molar-refractivity contribution in [1.29, 1.82) is 0 Å². The van der Waals surface area contributed by atoms with Gasteiger partial charge in [-0.25, -0.2) is 0 Å². The standard InChI is InChI=1S/C27H44N2O2/c1-4-5-6-7-8-9-18-28-25(31)22-12-11-20-19-10-13-23-27(3,17-15-24(30)29-23)21(19)14-16-26(20,22)2/h15,17,19-23H,4-14,16,18H2,1-3H3,(H,28,31)(H,29,30)/t19-,20-,21-,22+,23+,26-,27+/m0/s1. The summed E-state index contributed by atoms with van der Waals surface area (Å²) < 4.78 is 0. The Morgan fingerprint density at radius 3 is 2.61 bits per heavy atom. The van der Waals surface area contributed by atoms with Crippen LogP contribution in [0, 0.1) is 34.5 Å². The molecule has 1 heterocycles. The highest BCUT2D eigenvalue weighted by Crippen LogP contribution is 2.64. The van der Waals surface area contributed by atoms with Gasteiger partial charge >= 0.3 is 0 Å². The SMILES string of the molecule is CCCCCCCCNC(=O)[C@H]1CC[C@H]2[C@@H]3CC[C@H]4NC(=O)C=C[C@]4(C)[C@H]3CC[C@]12C. The topological polar surface area (TPSA) is 58.2 Å². The Bertz CT molecular complexity index is 703. The molecule has 0 saturated heterocycles. The van der Waals surface area contributed by atoms with Gasteiger partial charge in [-0.3, -0.25) is 9.59 Å². The third-order valence-corrected chi connectivity index (χ3v) is 9.83. The van der Waals surface area contributed by atoms with E-state index in [1.165, 1.54) is 51.4 Å². The third kappa shape index (κ3) is 4.20. The van der Waals surface area contributed by atoms with Gasteiger partial charge in [0.25, 0.3) is 0 Å². The second kappa shape index (κ2) is 9.27. The Morgan fingerprint density at radius 1 is 1.03 bits per heavy atom. The van der Waals surface area contributed by atoms with E-state index in [0.717, 1.165) is 32.2 Å². The predicted octanol–water partition coefficient (Wildman–Crippen LogP) is 5.38. The van der Waals surface area contributed by atoms with Crippen LogP contribution in [-0.4, -0.2) is 24.4 Å². The van der Waals surface area contributed by atoms with E-state index in [9.17, 15) is 9.59 Å². The van der Waals surface area contributed by atoms with Gasteiger partial charge in [0.05, 0.1) is 0 Å². The molecule has 31 heavy (non-hydrogen) atoms. The summed E-state index contributed by atoms with van der Waals surface area (Å²) in [5.41, 5.74) is 0.230. The lowest BCUT2D eigenvalue weighted by molar-refractivity contribution is -0.134. The lowest BCUT2D eigenvalue weighted by atomic mass is 9.48. The quantitative estimate of drug-likeness (QED) is 0.510. The summed E-state index contributed by atoms with van der Waals surface area (Å²) >= 11 is 0. The van der Waals surface area contributed by atoms with Crippen LogP contribution in [-0.2, 0) is 9.59 Å². The van der Waals surface area contributed by atoms with Gasteiger partial charge in [0.15, 0.2) is 0 Å². The van der Waals surface area contributed by atoms with Gasteiger partial charge in [-0.1, -0.05) is 59.0 Å². The first-order valence-corrected chi connectivity index (χ1v) is 13.2. The first kappa shape index (κ1) is 22.9. The van der Waals surface area contributed by atoms with Gasteiger partial charge < -0.3 is 10.6 Å². The minimum absolute atomic E-state index is 0.0736. The van der Waals surface area contributed by atoms with Crippen molar-refractivity contribution >= 4 is 11.8 Å². The monoisotopic (exact) mass is 428 g/mol. The predicted molar refractivity (Wildman–Crippen MR) is 125 cm³/mol. The number of unbranched alkanes of at least 4 members (excludes halogenated alkanes) is 5. The van der Waals surface area contributed by atoms with Crippen LogP contribution in [0.25, 0.3) is 0 Å². The van der Waals surface area contributed by atoms with Crippen LogP contribution in [0.4, 0.5) is 0 Å². The molecular weight excluding hydrogens is 384 g/mol. The van der Waals surface area contributed by atoms with Crippen LogP contribution in [0.5, 0.6) is 0 Å². The van der Waals surface area contributed by atoms with Crippen LogP contribution in [0.15, 0.2) is 12.2 Å². The van der Waals surface area contributed by atoms with Crippen LogP contribution < -0.4 is 10.6 Å². The Hall–Kier alpha value is -1.32. The zero-order valence-corrected chi connectivity index (χ0v) is 20.1. The summed E-state index contributed by atoms with van der Waals surface area (Å²) in [6.45, 7) is 7.88. The number of carbonyl (C=O) groups excluding carboxylic acids is 2. The highest BCUT2D eigenvalue weighted by Gasteiger charge is 2.60. The van der Waals surface area contributed by atoms with Crippen molar-refractivity contribution in [2.24, 2.45) is 34.5 Å². The summed E-state index contributed by atoms with van der Waals surface area (Å²) in [6, 6.07) is 0.286. The molecule has 3 saturated carbocycles. The molecule has 2 amide bonds. The maximum absolute atomic E-state index is 13.2.